The lowest BCUT2D eigenvalue weighted by Crippen LogP contribution is -2.00. The fraction of sp³-hybridized carbons (Fsp3) is 0.200. The van der Waals surface area contributed by atoms with Gasteiger partial charge in [-0.05, 0) is 30.7 Å². The molecule has 67 valence electrons. The third-order valence-corrected chi connectivity index (χ3v) is 2.51. The number of rotatable bonds is 2. The van der Waals surface area contributed by atoms with Crippen LogP contribution in [0.4, 0.5) is 0 Å². The first-order chi connectivity index (χ1) is 6.19. The van der Waals surface area contributed by atoms with Crippen LogP contribution < -0.4 is 0 Å². The van der Waals surface area contributed by atoms with E-state index in [2.05, 4.69) is 22.9 Å². The highest BCUT2D eigenvalue weighted by Gasteiger charge is 2.08. The lowest BCUT2D eigenvalue weighted by atomic mass is 10.0. The molecule has 0 saturated carbocycles. The zero-order valence-corrected chi connectivity index (χ0v) is 8.58. The van der Waals surface area contributed by atoms with Crippen LogP contribution in [-0.2, 0) is 0 Å². The van der Waals surface area contributed by atoms with Crippen LogP contribution >= 0.6 is 15.9 Å². The molecule has 0 bridgehead atoms. The minimum atomic E-state index is -0.192. The highest BCUT2D eigenvalue weighted by Crippen LogP contribution is 2.25. The smallest absolute Gasteiger partial charge is 0.0991 e. The SMILES string of the molecule is [CH2]C(CO)c1cc(C#N)ccc1Br. The van der Waals surface area contributed by atoms with Crippen LogP contribution in [0.3, 0.4) is 0 Å². The molecule has 0 heterocycles. The summed E-state index contributed by atoms with van der Waals surface area (Å²) in [7, 11) is 0. The van der Waals surface area contributed by atoms with Crippen LogP contribution in [0.25, 0.3) is 0 Å². The summed E-state index contributed by atoms with van der Waals surface area (Å²) in [5.74, 6) is -0.192. The fourth-order valence-corrected chi connectivity index (χ4v) is 1.59. The summed E-state index contributed by atoms with van der Waals surface area (Å²) in [6.45, 7) is 3.75. The van der Waals surface area contributed by atoms with Crippen LogP contribution in [0.2, 0.25) is 0 Å². The van der Waals surface area contributed by atoms with Crippen LogP contribution in [-0.4, -0.2) is 11.7 Å². The minimum absolute atomic E-state index is 0.0204. The van der Waals surface area contributed by atoms with Gasteiger partial charge in [0.2, 0.25) is 0 Å². The van der Waals surface area contributed by atoms with E-state index in [1.54, 1.807) is 18.2 Å². The molecule has 1 rings (SSSR count). The van der Waals surface area contributed by atoms with Crippen molar-refractivity contribution in [3.05, 3.63) is 40.7 Å². The molecule has 0 aromatic heterocycles. The Balaban J connectivity index is 3.12. The predicted octanol–water partition coefficient (Wildman–Crippen LogP) is 2.23. The highest BCUT2D eigenvalue weighted by molar-refractivity contribution is 9.10. The molecule has 0 aliphatic rings. The number of halogens is 1. The molecule has 0 saturated heterocycles. The van der Waals surface area contributed by atoms with E-state index in [4.69, 9.17) is 10.4 Å². The van der Waals surface area contributed by atoms with Crippen molar-refractivity contribution >= 4 is 15.9 Å². The summed E-state index contributed by atoms with van der Waals surface area (Å²) in [5.41, 5.74) is 1.45. The van der Waals surface area contributed by atoms with E-state index in [0.29, 0.717) is 5.56 Å². The van der Waals surface area contributed by atoms with Crippen molar-refractivity contribution in [1.29, 1.82) is 5.26 Å². The van der Waals surface area contributed by atoms with Crippen LogP contribution in [0, 0.1) is 18.3 Å². The number of nitrogens with zero attached hydrogens (tertiary/aromatic N) is 1. The van der Waals surface area contributed by atoms with Gasteiger partial charge in [-0.3, -0.25) is 0 Å². The summed E-state index contributed by atoms with van der Waals surface area (Å²) < 4.78 is 0.876. The first-order valence-electron chi connectivity index (χ1n) is 3.82. The maximum atomic E-state index is 8.91. The van der Waals surface area contributed by atoms with Crippen molar-refractivity contribution in [1.82, 2.24) is 0 Å². The molecule has 0 amide bonds. The summed E-state index contributed by atoms with van der Waals surface area (Å²) in [6.07, 6.45) is 0. The third kappa shape index (κ3) is 2.30. The van der Waals surface area contributed by atoms with Gasteiger partial charge in [0.25, 0.3) is 0 Å². The molecule has 3 heteroatoms. The predicted molar refractivity (Wildman–Crippen MR) is 54.0 cm³/mol. The first-order valence-corrected chi connectivity index (χ1v) is 4.62. The monoisotopic (exact) mass is 238 g/mol. The van der Waals surface area contributed by atoms with Gasteiger partial charge in [-0.25, -0.2) is 0 Å². The summed E-state index contributed by atoms with van der Waals surface area (Å²) >= 11 is 3.34. The van der Waals surface area contributed by atoms with E-state index in [-0.39, 0.29) is 12.5 Å². The number of hydrogen-bond acceptors (Lipinski definition) is 2. The van der Waals surface area contributed by atoms with Crippen molar-refractivity contribution in [2.45, 2.75) is 5.92 Å². The van der Waals surface area contributed by atoms with E-state index < -0.39 is 0 Å². The second-order valence-electron chi connectivity index (χ2n) is 2.73. The van der Waals surface area contributed by atoms with E-state index in [1.807, 2.05) is 6.07 Å². The van der Waals surface area contributed by atoms with Gasteiger partial charge in [0.05, 0.1) is 11.6 Å². The molecule has 1 unspecified atom stereocenters. The normalized spacial score (nSPS) is 12.2. The van der Waals surface area contributed by atoms with Gasteiger partial charge in [0.15, 0.2) is 0 Å². The molecule has 0 fully saturated rings. The summed E-state index contributed by atoms with van der Waals surface area (Å²) in [5, 5.41) is 17.6. The number of aliphatic hydroxyl groups excluding tert-OH is 1. The Morgan fingerprint density at radius 2 is 2.31 bits per heavy atom. The standard InChI is InChI=1S/C10H9BrNO/c1-7(6-13)9-4-8(5-12)2-3-10(9)11/h2-4,7,13H,1,6H2. The second kappa shape index (κ2) is 4.40. The molecule has 1 atom stereocenters. The molecular weight excluding hydrogens is 230 g/mol. The summed E-state index contributed by atoms with van der Waals surface area (Å²) in [6, 6.07) is 7.29. The van der Waals surface area contributed by atoms with Gasteiger partial charge in [0, 0.05) is 17.0 Å². The average Bonchev–Trinajstić information content (AvgIpc) is 2.17. The molecule has 13 heavy (non-hydrogen) atoms. The molecule has 1 radical (unpaired) electrons. The van der Waals surface area contributed by atoms with E-state index in [0.717, 1.165) is 10.0 Å². The maximum absolute atomic E-state index is 8.91. The zero-order valence-electron chi connectivity index (χ0n) is 7.00. The van der Waals surface area contributed by atoms with Crippen molar-refractivity contribution in [2.24, 2.45) is 0 Å². The molecule has 0 spiro atoms. The highest BCUT2D eigenvalue weighted by atomic mass is 79.9. The van der Waals surface area contributed by atoms with Gasteiger partial charge >= 0.3 is 0 Å². The Hall–Kier alpha value is -0.850. The Labute approximate surface area is 85.9 Å². The lowest BCUT2D eigenvalue weighted by molar-refractivity contribution is 0.282. The van der Waals surface area contributed by atoms with Gasteiger partial charge in [-0.2, -0.15) is 5.26 Å². The minimum Gasteiger partial charge on any atom is -0.396 e. The van der Waals surface area contributed by atoms with E-state index in [1.165, 1.54) is 0 Å². The van der Waals surface area contributed by atoms with Crippen molar-refractivity contribution < 1.29 is 5.11 Å². The molecule has 1 aromatic rings. The first kappa shape index (κ1) is 10.2. The van der Waals surface area contributed by atoms with Crippen molar-refractivity contribution in [3.8, 4) is 6.07 Å². The molecule has 0 aliphatic carbocycles. The Morgan fingerprint density at radius 3 is 2.85 bits per heavy atom. The Bertz CT molecular complexity index is 343. The van der Waals surface area contributed by atoms with E-state index >= 15 is 0 Å². The quantitative estimate of drug-likeness (QED) is 0.859. The van der Waals surface area contributed by atoms with Crippen LogP contribution in [0.1, 0.15) is 17.0 Å². The zero-order chi connectivity index (χ0) is 9.84. The number of nitriles is 1. The Kier molecular flexibility index (Phi) is 3.47. The lowest BCUT2D eigenvalue weighted by Gasteiger charge is -2.10. The van der Waals surface area contributed by atoms with Crippen molar-refractivity contribution in [2.75, 3.05) is 6.61 Å². The van der Waals surface area contributed by atoms with Gasteiger partial charge in [-0.1, -0.05) is 15.9 Å². The third-order valence-electron chi connectivity index (χ3n) is 1.79. The van der Waals surface area contributed by atoms with E-state index in [9.17, 15) is 0 Å². The molecule has 1 aromatic carbocycles. The average molecular weight is 239 g/mol. The van der Waals surface area contributed by atoms with Crippen LogP contribution in [0.15, 0.2) is 22.7 Å². The van der Waals surface area contributed by atoms with Gasteiger partial charge < -0.3 is 5.11 Å². The fourth-order valence-electron chi connectivity index (χ4n) is 1.02. The topological polar surface area (TPSA) is 44.0 Å². The van der Waals surface area contributed by atoms with Gasteiger partial charge in [-0.15, -0.1) is 0 Å². The van der Waals surface area contributed by atoms with Gasteiger partial charge in [0.1, 0.15) is 0 Å². The molecule has 0 aliphatic heterocycles. The van der Waals surface area contributed by atoms with Crippen molar-refractivity contribution in [3.63, 3.8) is 0 Å². The largest absolute Gasteiger partial charge is 0.396 e. The molecular formula is C10H9BrNO. The second-order valence-corrected chi connectivity index (χ2v) is 3.58. The number of aliphatic hydroxyl groups is 1. The Morgan fingerprint density at radius 1 is 1.62 bits per heavy atom. The maximum Gasteiger partial charge on any atom is 0.0991 e. The molecule has 1 N–H and O–H groups in total. The number of benzene rings is 1. The van der Waals surface area contributed by atoms with Crippen LogP contribution in [0.5, 0.6) is 0 Å². The summed E-state index contributed by atoms with van der Waals surface area (Å²) in [4.78, 5) is 0. The molecule has 2 nitrogen and oxygen atoms in total. The number of hydrogen-bond donors (Lipinski definition) is 1.